The van der Waals surface area contributed by atoms with E-state index in [9.17, 15) is 9.59 Å². The predicted molar refractivity (Wildman–Crippen MR) is 158 cm³/mol. The maximum Gasteiger partial charge on any atom is 0.250 e. The first-order valence-corrected chi connectivity index (χ1v) is 13.3. The molecule has 0 unspecified atom stereocenters. The first kappa shape index (κ1) is 27.7. The van der Waals surface area contributed by atoms with Crippen molar-refractivity contribution in [3.63, 3.8) is 0 Å². The Labute approximate surface area is 237 Å². The smallest absolute Gasteiger partial charge is 0.250 e. The van der Waals surface area contributed by atoms with Gasteiger partial charge in [-0.25, -0.2) is 0 Å². The first-order chi connectivity index (χ1) is 18.2. The minimum atomic E-state index is -0.393. The second-order valence-electron chi connectivity index (χ2n) is 9.12. The van der Waals surface area contributed by atoms with E-state index in [-0.39, 0.29) is 16.9 Å². The van der Waals surface area contributed by atoms with Gasteiger partial charge in [0.25, 0.3) is 0 Å². The quantitative estimate of drug-likeness (QED) is 0.276. The number of anilines is 2. The largest absolute Gasteiger partial charge is 0.457 e. The maximum atomic E-state index is 12.3. The van der Waals surface area contributed by atoms with Crippen LogP contribution in [0.25, 0.3) is 17.4 Å². The van der Waals surface area contributed by atoms with Gasteiger partial charge in [-0.15, -0.1) is 0 Å². The lowest BCUT2D eigenvalue weighted by Crippen LogP contribution is -2.49. The molecule has 10 heteroatoms. The van der Waals surface area contributed by atoms with Crippen LogP contribution in [0, 0.1) is 5.92 Å². The van der Waals surface area contributed by atoms with Crippen molar-refractivity contribution in [2.24, 2.45) is 5.92 Å². The monoisotopic (exact) mass is 570 g/mol. The van der Waals surface area contributed by atoms with Crippen LogP contribution in [0.5, 0.6) is 0 Å². The van der Waals surface area contributed by atoms with Gasteiger partial charge in [0.1, 0.15) is 11.5 Å². The summed E-state index contributed by atoms with van der Waals surface area (Å²) in [7, 11) is 0. The van der Waals surface area contributed by atoms with E-state index in [2.05, 4.69) is 15.5 Å². The molecule has 1 aliphatic heterocycles. The average Bonchev–Trinajstić information content (AvgIpc) is 3.36. The van der Waals surface area contributed by atoms with Crippen molar-refractivity contribution in [3.05, 3.63) is 76.5 Å². The summed E-state index contributed by atoms with van der Waals surface area (Å²) in [5, 5.41) is 6.84. The topological polar surface area (TPSA) is 77.8 Å². The third kappa shape index (κ3) is 7.16. The van der Waals surface area contributed by atoms with Crippen molar-refractivity contribution in [1.82, 2.24) is 10.2 Å². The number of furan rings is 1. The number of piperazine rings is 1. The van der Waals surface area contributed by atoms with Gasteiger partial charge in [0.15, 0.2) is 5.11 Å². The number of rotatable bonds is 6. The fourth-order valence-corrected chi connectivity index (χ4v) is 4.78. The van der Waals surface area contributed by atoms with Gasteiger partial charge >= 0.3 is 0 Å². The van der Waals surface area contributed by atoms with Gasteiger partial charge in [0.2, 0.25) is 11.8 Å². The molecule has 0 atom stereocenters. The highest BCUT2D eigenvalue weighted by molar-refractivity contribution is 7.80. The zero-order valence-corrected chi connectivity index (χ0v) is 23.4. The third-order valence-electron chi connectivity index (χ3n) is 6.03. The van der Waals surface area contributed by atoms with Crippen LogP contribution in [0.1, 0.15) is 19.6 Å². The minimum absolute atomic E-state index is 0.0180. The number of hydrogen-bond donors (Lipinski definition) is 2. The molecule has 0 aliphatic carbocycles. The van der Waals surface area contributed by atoms with Crippen LogP contribution in [0.2, 0.25) is 10.0 Å². The lowest BCUT2D eigenvalue weighted by molar-refractivity contribution is -0.134. The number of benzene rings is 2. The summed E-state index contributed by atoms with van der Waals surface area (Å²) in [5.41, 5.74) is 2.54. The molecule has 0 bridgehead atoms. The predicted octanol–water partition coefficient (Wildman–Crippen LogP) is 6.08. The summed E-state index contributed by atoms with van der Waals surface area (Å²) in [6.45, 7) is 6.87. The average molecular weight is 572 g/mol. The molecule has 38 heavy (non-hydrogen) atoms. The highest BCUT2D eigenvalue weighted by Crippen LogP contribution is 2.31. The van der Waals surface area contributed by atoms with Crippen LogP contribution in [0.4, 0.5) is 11.4 Å². The standard InChI is InChI=1S/C28H28Cl2N4O3S/c1-18(2)27(36)34-15-13-33(14-16-34)21-6-4-20(5-7-21)31-28(38)32-26(35)12-9-22-8-11-25(37-22)23-10-3-19(29)17-24(23)30/h3-12,17-18H,13-16H2,1-2H3,(H2,31,32,35,38)/b12-9+. The lowest BCUT2D eigenvalue weighted by Gasteiger charge is -2.37. The normalized spacial score (nSPS) is 13.7. The Kier molecular flexibility index (Phi) is 9.09. The van der Waals surface area contributed by atoms with Crippen LogP contribution in [-0.4, -0.2) is 48.0 Å². The van der Waals surface area contributed by atoms with Gasteiger partial charge in [0.05, 0.1) is 5.02 Å². The zero-order valence-electron chi connectivity index (χ0n) is 21.0. The Morgan fingerprint density at radius 1 is 1.00 bits per heavy atom. The van der Waals surface area contributed by atoms with E-state index in [1.54, 1.807) is 36.4 Å². The van der Waals surface area contributed by atoms with E-state index in [0.717, 1.165) is 37.6 Å². The second kappa shape index (κ2) is 12.5. The number of nitrogens with zero attached hydrogens (tertiary/aromatic N) is 2. The van der Waals surface area contributed by atoms with Crippen molar-refractivity contribution in [3.8, 4) is 11.3 Å². The Morgan fingerprint density at radius 2 is 1.71 bits per heavy atom. The Hall–Kier alpha value is -3.33. The molecule has 2 amide bonds. The van der Waals surface area contributed by atoms with E-state index >= 15 is 0 Å². The second-order valence-corrected chi connectivity index (χ2v) is 10.4. The highest BCUT2D eigenvalue weighted by atomic mass is 35.5. The number of carbonyl (C=O) groups excluding carboxylic acids is 2. The van der Waals surface area contributed by atoms with Crippen LogP contribution in [-0.2, 0) is 9.59 Å². The molecule has 1 fully saturated rings. The van der Waals surface area contributed by atoms with E-state index in [1.165, 1.54) is 6.08 Å². The van der Waals surface area contributed by atoms with Gasteiger partial charge in [-0.3, -0.25) is 14.9 Å². The van der Waals surface area contributed by atoms with Gasteiger partial charge < -0.3 is 19.5 Å². The molecule has 0 saturated carbocycles. The number of nitrogens with one attached hydrogen (secondary N) is 2. The van der Waals surface area contributed by atoms with Crippen molar-refractivity contribution in [2.75, 3.05) is 36.4 Å². The molecule has 2 aromatic carbocycles. The fourth-order valence-electron chi connectivity index (χ4n) is 4.06. The molecule has 7 nitrogen and oxygen atoms in total. The summed E-state index contributed by atoms with van der Waals surface area (Å²) in [5.74, 6) is 0.884. The van der Waals surface area contributed by atoms with Gasteiger partial charge in [0, 0.05) is 60.1 Å². The number of halogens is 2. The highest BCUT2D eigenvalue weighted by Gasteiger charge is 2.22. The molecule has 1 aromatic heterocycles. The number of hydrogen-bond acceptors (Lipinski definition) is 5. The van der Waals surface area contributed by atoms with Crippen molar-refractivity contribution < 1.29 is 14.0 Å². The van der Waals surface area contributed by atoms with E-state index in [0.29, 0.717) is 27.1 Å². The Bertz CT molecular complexity index is 1350. The summed E-state index contributed by atoms with van der Waals surface area (Å²) in [6, 6.07) is 16.5. The van der Waals surface area contributed by atoms with E-state index < -0.39 is 5.91 Å². The summed E-state index contributed by atoms with van der Waals surface area (Å²) in [4.78, 5) is 28.7. The van der Waals surface area contributed by atoms with E-state index in [4.69, 9.17) is 39.8 Å². The van der Waals surface area contributed by atoms with E-state index in [1.807, 2.05) is 43.0 Å². The van der Waals surface area contributed by atoms with Gasteiger partial charge in [-0.1, -0.05) is 37.0 Å². The van der Waals surface area contributed by atoms with Gasteiger partial charge in [-0.05, 0) is 72.9 Å². The fraction of sp³-hybridized carbons (Fsp3) is 0.250. The Balaban J connectivity index is 1.25. The summed E-state index contributed by atoms with van der Waals surface area (Å²) in [6.07, 6.45) is 2.89. The number of amides is 2. The zero-order chi connectivity index (χ0) is 27.2. The van der Waals surface area contributed by atoms with Crippen LogP contribution in [0.3, 0.4) is 0 Å². The summed E-state index contributed by atoms with van der Waals surface area (Å²) >= 11 is 17.5. The first-order valence-electron chi connectivity index (χ1n) is 12.2. The molecule has 198 valence electrons. The third-order valence-corrected chi connectivity index (χ3v) is 6.79. The molecule has 4 rings (SSSR count). The molecular weight excluding hydrogens is 543 g/mol. The molecule has 1 saturated heterocycles. The minimum Gasteiger partial charge on any atom is -0.457 e. The molecule has 0 spiro atoms. The van der Waals surface area contributed by atoms with Crippen LogP contribution >= 0.6 is 35.4 Å². The molecule has 2 heterocycles. The molecular formula is C28H28Cl2N4O3S. The number of carbonyl (C=O) groups is 2. The molecule has 1 aliphatic rings. The molecule has 3 aromatic rings. The van der Waals surface area contributed by atoms with Crippen molar-refractivity contribution in [1.29, 1.82) is 0 Å². The SMILES string of the molecule is CC(C)C(=O)N1CCN(c2ccc(NC(=S)NC(=O)/C=C/c3ccc(-c4ccc(Cl)cc4Cl)o3)cc2)CC1. The van der Waals surface area contributed by atoms with Gasteiger partial charge in [-0.2, -0.15) is 0 Å². The lowest BCUT2D eigenvalue weighted by atomic mass is 10.1. The molecule has 2 N–H and O–H groups in total. The Morgan fingerprint density at radius 3 is 2.37 bits per heavy atom. The van der Waals surface area contributed by atoms with Crippen LogP contribution < -0.4 is 15.5 Å². The van der Waals surface area contributed by atoms with Crippen molar-refractivity contribution >= 4 is 69.8 Å². The number of thiocarbonyl (C=S) groups is 1. The maximum absolute atomic E-state index is 12.3. The molecule has 0 radical (unpaired) electrons. The van der Waals surface area contributed by atoms with Crippen molar-refractivity contribution in [2.45, 2.75) is 13.8 Å². The summed E-state index contributed by atoms with van der Waals surface area (Å²) < 4.78 is 5.76. The van der Waals surface area contributed by atoms with Crippen LogP contribution in [0.15, 0.2) is 65.1 Å².